The van der Waals surface area contributed by atoms with Gasteiger partial charge in [0.15, 0.2) is 11.5 Å². The minimum atomic E-state index is -4.51. The van der Waals surface area contributed by atoms with Crippen LogP contribution in [0.2, 0.25) is 0 Å². The van der Waals surface area contributed by atoms with Crippen molar-refractivity contribution in [3.8, 4) is 11.4 Å². The number of piperidine rings is 1. The van der Waals surface area contributed by atoms with Gasteiger partial charge in [-0.1, -0.05) is 0 Å². The molecule has 0 spiro atoms. The highest BCUT2D eigenvalue weighted by Gasteiger charge is 2.35. The van der Waals surface area contributed by atoms with Crippen LogP contribution in [0.1, 0.15) is 31.4 Å². The molecule has 0 radical (unpaired) electrons. The fourth-order valence-corrected chi connectivity index (χ4v) is 3.94. The Hall–Kier alpha value is -2.22. The van der Waals surface area contributed by atoms with Crippen molar-refractivity contribution in [3.63, 3.8) is 0 Å². The van der Waals surface area contributed by atoms with Gasteiger partial charge in [0, 0.05) is 43.2 Å². The van der Waals surface area contributed by atoms with E-state index in [1.54, 1.807) is 12.1 Å². The Kier molecular flexibility index (Phi) is 4.99. The van der Waals surface area contributed by atoms with Crippen LogP contribution >= 0.6 is 0 Å². The van der Waals surface area contributed by atoms with E-state index in [2.05, 4.69) is 19.9 Å². The van der Waals surface area contributed by atoms with Crippen LogP contribution in [0.25, 0.3) is 11.4 Å². The molecule has 2 aromatic rings. The quantitative estimate of drug-likeness (QED) is 0.818. The average molecular weight is 377 g/mol. The average Bonchev–Trinajstić information content (AvgIpc) is 3.23. The molecule has 0 saturated carbocycles. The summed E-state index contributed by atoms with van der Waals surface area (Å²) in [6.45, 7) is 3.71. The number of hydrogen-bond acceptors (Lipinski definition) is 5. The monoisotopic (exact) mass is 377 g/mol. The number of halogens is 3. The molecule has 2 aliphatic heterocycles. The number of likely N-dealkylation sites (tertiary alicyclic amines) is 1. The lowest BCUT2D eigenvalue weighted by Gasteiger charge is -2.37. The largest absolute Gasteiger partial charge is 0.433 e. The molecular formula is C19H22F3N5. The lowest BCUT2D eigenvalue weighted by Crippen LogP contribution is -2.44. The van der Waals surface area contributed by atoms with E-state index in [9.17, 15) is 13.2 Å². The van der Waals surface area contributed by atoms with Crippen LogP contribution < -0.4 is 4.90 Å². The summed E-state index contributed by atoms with van der Waals surface area (Å²) in [4.78, 5) is 16.6. The standard InChI is InChI=1S/C19H22F3N5/c20-19(21,22)16-13-17(25-18(24-16)14-3-7-23-8-4-14)27-11-5-15(6-12-27)26-9-1-2-10-26/h3-4,7-8,13,15H,1-2,5-6,9-12H2. The Balaban J connectivity index is 1.58. The van der Waals surface area contributed by atoms with Crippen LogP contribution in [-0.2, 0) is 6.18 Å². The first-order valence-electron chi connectivity index (χ1n) is 9.36. The molecule has 2 fully saturated rings. The third kappa shape index (κ3) is 4.05. The predicted octanol–water partition coefficient (Wildman–Crippen LogP) is 3.62. The summed E-state index contributed by atoms with van der Waals surface area (Å²) in [6.07, 6.45) is 2.95. The molecule has 0 N–H and O–H groups in total. The van der Waals surface area contributed by atoms with E-state index in [0.29, 0.717) is 30.5 Å². The molecule has 0 unspecified atom stereocenters. The van der Waals surface area contributed by atoms with Gasteiger partial charge in [-0.2, -0.15) is 13.2 Å². The minimum Gasteiger partial charge on any atom is -0.356 e. The van der Waals surface area contributed by atoms with Crippen molar-refractivity contribution in [1.82, 2.24) is 19.9 Å². The zero-order valence-corrected chi connectivity index (χ0v) is 15.0. The maximum absolute atomic E-state index is 13.4. The Morgan fingerprint density at radius 3 is 2.22 bits per heavy atom. The van der Waals surface area contributed by atoms with Gasteiger partial charge in [-0.25, -0.2) is 9.97 Å². The van der Waals surface area contributed by atoms with Gasteiger partial charge >= 0.3 is 6.18 Å². The molecule has 0 atom stereocenters. The van der Waals surface area contributed by atoms with E-state index < -0.39 is 11.9 Å². The van der Waals surface area contributed by atoms with Crippen LogP contribution in [0.4, 0.5) is 19.0 Å². The second-order valence-corrected chi connectivity index (χ2v) is 7.13. The number of alkyl halides is 3. The van der Waals surface area contributed by atoms with Crippen LogP contribution in [0.3, 0.4) is 0 Å². The van der Waals surface area contributed by atoms with E-state index >= 15 is 0 Å². The van der Waals surface area contributed by atoms with Crippen molar-refractivity contribution < 1.29 is 13.2 Å². The van der Waals surface area contributed by atoms with E-state index in [0.717, 1.165) is 32.0 Å². The molecule has 0 aromatic carbocycles. The predicted molar refractivity (Wildman–Crippen MR) is 96.3 cm³/mol. The van der Waals surface area contributed by atoms with Crippen molar-refractivity contribution in [2.75, 3.05) is 31.1 Å². The fourth-order valence-electron chi connectivity index (χ4n) is 3.94. The Morgan fingerprint density at radius 1 is 0.926 bits per heavy atom. The van der Waals surface area contributed by atoms with Crippen LogP contribution in [0.5, 0.6) is 0 Å². The first-order valence-corrected chi connectivity index (χ1v) is 9.36. The third-order valence-electron chi connectivity index (χ3n) is 5.39. The highest BCUT2D eigenvalue weighted by Crippen LogP contribution is 2.32. The van der Waals surface area contributed by atoms with Gasteiger partial charge in [0.1, 0.15) is 5.82 Å². The van der Waals surface area contributed by atoms with Gasteiger partial charge in [-0.15, -0.1) is 0 Å². The van der Waals surface area contributed by atoms with Crippen molar-refractivity contribution in [2.45, 2.75) is 37.9 Å². The van der Waals surface area contributed by atoms with E-state index in [-0.39, 0.29) is 5.82 Å². The minimum absolute atomic E-state index is 0.0869. The zero-order valence-electron chi connectivity index (χ0n) is 15.0. The van der Waals surface area contributed by atoms with E-state index in [4.69, 9.17) is 0 Å². The van der Waals surface area contributed by atoms with E-state index in [1.807, 2.05) is 4.90 Å². The van der Waals surface area contributed by atoms with Crippen LogP contribution in [-0.4, -0.2) is 52.1 Å². The van der Waals surface area contributed by atoms with Gasteiger partial charge in [-0.3, -0.25) is 4.98 Å². The molecule has 0 bridgehead atoms. The third-order valence-corrected chi connectivity index (χ3v) is 5.39. The van der Waals surface area contributed by atoms with Crippen LogP contribution in [0, 0.1) is 0 Å². The summed E-state index contributed by atoms with van der Waals surface area (Å²) in [7, 11) is 0. The van der Waals surface area contributed by atoms with Crippen LogP contribution in [0.15, 0.2) is 30.6 Å². The number of rotatable bonds is 3. The Bertz CT molecular complexity index is 767. The number of anilines is 1. The molecule has 8 heteroatoms. The Labute approximate surface area is 156 Å². The zero-order chi connectivity index (χ0) is 18.9. The van der Waals surface area contributed by atoms with Gasteiger partial charge in [0.25, 0.3) is 0 Å². The maximum Gasteiger partial charge on any atom is 0.433 e. The molecule has 27 heavy (non-hydrogen) atoms. The summed E-state index contributed by atoms with van der Waals surface area (Å²) in [6, 6.07) is 4.85. The number of hydrogen-bond donors (Lipinski definition) is 0. The van der Waals surface area contributed by atoms with Gasteiger partial charge < -0.3 is 9.80 Å². The first-order chi connectivity index (χ1) is 13.0. The molecule has 0 aliphatic carbocycles. The molecule has 2 aromatic heterocycles. The SMILES string of the molecule is FC(F)(F)c1cc(N2CCC(N3CCCC3)CC2)nc(-c2ccncc2)n1. The number of nitrogens with zero attached hydrogens (tertiary/aromatic N) is 5. The molecule has 0 amide bonds. The van der Waals surface area contributed by atoms with Crippen molar-refractivity contribution >= 4 is 5.82 Å². The van der Waals surface area contributed by atoms with Crippen molar-refractivity contribution in [3.05, 3.63) is 36.3 Å². The second-order valence-electron chi connectivity index (χ2n) is 7.13. The Morgan fingerprint density at radius 2 is 1.59 bits per heavy atom. The molecule has 144 valence electrons. The van der Waals surface area contributed by atoms with Crippen molar-refractivity contribution in [1.29, 1.82) is 0 Å². The lowest BCUT2D eigenvalue weighted by molar-refractivity contribution is -0.141. The van der Waals surface area contributed by atoms with Gasteiger partial charge in [0.05, 0.1) is 0 Å². The summed E-state index contributed by atoms with van der Waals surface area (Å²) in [5, 5.41) is 0. The maximum atomic E-state index is 13.4. The smallest absolute Gasteiger partial charge is 0.356 e. The topological polar surface area (TPSA) is 45.2 Å². The molecule has 5 nitrogen and oxygen atoms in total. The molecule has 2 aliphatic rings. The molecule has 4 heterocycles. The van der Waals surface area contributed by atoms with Crippen molar-refractivity contribution in [2.24, 2.45) is 0 Å². The summed E-state index contributed by atoms with van der Waals surface area (Å²) in [5.41, 5.74) is -0.370. The summed E-state index contributed by atoms with van der Waals surface area (Å²) < 4.78 is 40.1. The van der Waals surface area contributed by atoms with Gasteiger partial charge in [0.2, 0.25) is 0 Å². The lowest BCUT2D eigenvalue weighted by atomic mass is 10.0. The molecule has 4 rings (SSSR count). The molecule has 2 saturated heterocycles. The van der Waals surface area contributed by atoms with E-state index in [1.165, 1.54) is 25.2 Å². The van der Waals surface area contributed by atoms with Gasteiger partial charge in [-0.05, 0) is 50.9 Å². The highest BCUT2D eigenvalue weighted by molar-refractivity contribution is 5.57. The second kappa shape index (κ2) is 7.42. The summed E-state index contributed by atoms with van der Waals surface area (Å²) >= 11 is 0. The normalized spacial score (nSPS) is 19.6. The fraction of sp³-hybridized carbons (Fsp3) is 0.526. The first kappa shape index (κ1) is 18.2. The summed E-state index contributed by atoms with van der Waals surface area (Å²) in [5.74, 6) is 0.438. The number of aromatic nitrogens is 3. The number of pyridine rings is 1. The highest BCUT2D eigenvalue weighted by atomic mass is 19.4. The molecular weight excluding hydrogens is 355 g/mol.